The first-order chi connectivity index (χ1) is 21.7. The molecule has 3 aromatic rings. The summed E-state index contributed by atoms with van der Waals surface area (Å²) in [6, 6.07) is 13.0. The molecule has 0 amide bonds. The van der Waals surface area contributed by atoms with Crippen LogP contribution in [0.15, 0.2) is 53.4 Å². The van der Waals surface area contributed by atoms with Gasteiger partial charge in [0.2, 0.25) is 11.8 Å². The van der Waals surface area contributed by atoms with Crippen LogP contribution in [0.2, 0.25) is 0 Å². The molecule has 0 bridgehead atoms. The summed E-state index contributed by atoms with van der Waals surface area (Å²) in [5, 5.41) is 13.2. The summed E-state index contributed by atoms with van der Waals surface area (Å²) in [7, 11) is -4.22. The number of anilines is 1. The van der Waals surface area contributed by atoms with E-state index in [2.05, 4.69) is 40.8 Å². The third kappa shape index (κ3) is 8.41. The number of carboxylic acids is 1. The van der Waals surface area contributed by atoms with Crippen molar-refractivity contribution >= 4 is 21.9 Å². The molecule has 3 N–H and O–H groups in total. The summed E-state index contributed by atoms with van der Waals surface area (Å²) in [6.45, 7) is 12.1. The van der Waals surface area contributed by atoms with Gasteiger partial charge in [-0.1, -0.05) is 45.0 Å². The van der Waals surface area contributed by atoms with Crippen molar-refractivity contribution in [3.63, 3.8) is 0 Å². The van der Waals surface area contributed by atoms with E-state index in [0.717, 1.165) is 54.9 Å². The minimum absolute atomic E-state index is 0.00183. The number of nitrogens with one attached hydrogen (secondary N) is 2. The van der Waals surface area contributed by atoms with Crippen LogP contribution in [0.1, 0.15) is 74.4 Å². The molecule has 2 fully saturated rings. The molecule has 2 aromatic carbocycles. The molecule has 1 aliphatic carbocycles. The summed E-state index contributed by atoms with van der Waals surface area (Å²) >= 11 is 0. The molecular formula is C34H44N4O7S. The van der Waals surface area contributed by atoms with Crippen molar-refractivity contribution in [2.24, 2.45) is 5.41 Å². The quantitative estimate of drug-likeness (QED) is 0.235. The largest absolute Gasteiger partial charge is 0.478 e. The van der Waals surface area contributed by atoms with Gasteiger partial charge in [-0.25, -0.2) is 22.9 Å². The predicted molar refractivity (Wildman–Crippen MR) is 175 cm³/mol. The van der Waals surface area contributed by atoms with Crippen molar-refractivity contribution in [3.8, 4) is 17.1 Å². The molecule has 1 spiro atoms. The first-order valence-electron chi connectivity index (χ1n) is 15.7. The number of aryl methyl sites for hydroxylation is 2. The van der Waals surface area contributed by atoms with Gasteiger partial charge in [-0.15, -0.1) is 0 Å². The number of carbonyl (C=O) groups is 1. The lowest BCUT2D eigenvalue weighted by Crippen LogP contribution is -2.48. The summed E-state index contributed by atoms with van der Waals surface area (Å²) in [4.78, 5) is 20.3. The van der Waals surface area contributed by atoms with Crippen LogP contribution in [0.4, 0.5) is 5.95 Å². The van der Waals surface area contributed by atoms with E-state index in [0.29, 0.717) is 25.5 Å². The molecule has 1 atom stereocenters. The van der Waals surface area contributed by atoms with E-state index >= 15 is 0 Å². The van der Waals surface area contributed by atoms with Crippen LogP contribution in [0.25, 0.3) is 11.3 Å². The second-order valence-electron chi connectivity index (χ2n) is 13.4. The molecule has 2 heterocycles. The number of hydrogen-bond acceptors (Lipinski definition) is 9. The molecule has 5 rings (SSSR count). The van der Waals surface area contributed by atoms with E-state index in [4.69, 9.17) is 14.2 Å². The normalized spacial score (nSPS) is 17.6. The second-order valence-corrected chi connectivity index (χ2v) is 15.1. The Morgan fingerprint density at radius 1 is 1.04 bits per heavy atom. The lowest BCUT2D eigenvalue weighted by atomic mass is 9.86. The van der Waals surface area contributed by atoms with Gasteiger partial charge >= 0.3 is 5.97 Å². The maximum atomic E-state index is 13.4. The van der Waals surface area contributed by atoms with Gasteiger partial charge < -0.3 is 24.6 Å². The number of carboxylic acid groups (broad SMARTS) is 1. The van der Waals surface area contributed by atoms with Crippen molar-refractivity contribution in [2.45, 2.75) is 89.5 Å². The zero-order valence-electron chi connectivity index (χ0n) is 27.1. The maximum Gasteiger partial charge on any atom is 0.335 e. The first-order valence-corrected chi connectivity index (χ1v) is 17.2. The van der Waals surface area contributed by atoms with Gasteiger partial charge in [-0.2, -0.15) is 4.98 Å². The topological polar surface area (TPSA) is 149 Å². The molecule has 1 saturated heterocycles. The Kier molecular flexibility index (Phi) is 10.0. The third-order valence-electron chi connectivity index (χ3n) is 8.38. The molecule has 1 aromatic heterocycles. The Bertz CT molecular complexity index is 1640. The van der Waals surface area contributed by atoms with Gasteiger partial charge in [0.05, 0.1) is 29.4 Å². The van der Waals surface area contributed by atoms with Crippen molar-refractivity contribution in [1.82, 2.24) is 15.3 Å². The zero-order chi connectivity index (χ0) is 33.1. The zero-order valence-corrected chi connectivity index (χ0v) is 27.9. The minimum atomic E-state index is -4.22. The molecule has 0 radical (unpaired) electrons. The van der Waals surface area contributed by atoms with E-state index in [1.54, 1.807) is 6.07 Å². The summed E-state index contributed by atoms with van der Waals surface area (Å²) in [5.41, 5.74) is 3.16. The number of aromatic nitrogens is 2. The number of rotatable bonds is 11. The Morgan fingerprint density at radius 2 is 1.70 bits per heavy atom. The van der Waals surface area contributed by atoms with E-state index in [1.807, 2.05) is 32.0 Å². The first kappa shape index (κ1) is 33.8. The standard InChI is InChI=1S/C34H44N4O7S/c1-22-8-6-9-23(2)30(22)28-19-29(37-32(36-28)38-46(41,42)27-11-7-10-24(18-27)31(39)40)43-21-26(20-33(3,4)5)35-25-12-14-34(15-13-25)44-16-17-45-34/h6-11,18-19,25-26,35H,12-17,20-21H2,1-5H3,(H,39,40)(H,36,37,38). The van der Waals surface area contributed by atoms with Crippen LogP contribution < -0.4 is 14.8 Å². The summed E-state index contributed by atoms with van der Waals surface area (Å²) < 4.78 is 47.3. The van der Waals surface area contributed by atoms with Crippen molar-refractivity contribution in [2.75, 3.05) is 24.5 Å². The Labute approximate surface area is 271 Å². The van der Waals surface area contributed by atoms with Gasteiger partial charge in [-0.3, -0.25) is 0 Å². The molecule has 46 heavy (non-hydrogen) atoms. The van der Waals surface area contributed by atoms with Crippen molar-refractivity contribution < 1.29 is 32.5 Å². The van der Waals surface area contributed by atoms with Crippen molar-refractivity contribution in [3.05, 3.63) is 65.2 Å². The van der Waals surface area contributed by atoms with Gasteiger partial charge in [0.25, 0.3) is 10.0 Å². The van der Waals surface area contributed by atoms with Crippen molar-refractivity contribution in [1.29, 1.82) is 0 Å². The molecular weight excluding hydrogens is 608 g/mol. The van der Waals surface area contributed by atoms with Crippen LogP contribution in [0.5, 0.6) is 5.88 Å². The van der Waals surface area contributed by atoms with Crippen LogP contribution in [-0.2, 0) is 19.5 Å². The SMILES string of the molecule is Cc1cccc(C)c1-c1cc(OCC(CC(C)(C)C)NC2CCC3(CC2)OCCO3)nc(NS(=O)(=O)c2cccc(C(=O)O)c2)n1. The summed E-state index contributed by atoms with van der Waals surface area (Å²) in [6.07, 6.45) is 4.39. The van der Waals surface area contributed by atoms with E-state index in [9.17, 15) is 18.3 Å². The Morgan fingerprint density at radius 3 is 2.33 bits per heavy atom. The maximum absolute atomic E-state index is 13.4. The van der Waals surface area contributed by atoms with E-state index in [1.165, 1.54) is 18.2 Å². The molecule has 12 heteroatoms. The van der Waals surface area contributed by atoms with Crippen LogP contribution in [-0.4, -0.2) is 67.2 Å². The number of hydrogen-bond donors (Lipinski definition) is 3. The van der Waals surface area contributed by atoms with Gasteiger partial charge in [0.1, 0.15) is 6.61 Å². The summed E-state index contributed by atoms with van der Waals surface area (Å²) in [5.74, 6) is -1.61. The number of benzene rings is 2. The van der Waals surface area contributed by atoms with Gasteiger partial charge in [0.15, 0.2) is 5.79 Å². The number of sulfonamides is 1. The van der Waals surface area contributed by atoms with Crippen LogP contribution in [0, 0.1) is 19.3 Å². The fourth-order valence-electron chi connectivity index (χ4n) is 6.30. The van der Waals surface area contributed by atoms with Gasteiger partial charge in [0, 0.05) is 36.6 Å². The molecule has 11 nitrogen and oxygen atoms in total. The van der Waals surface area contributed by atoms with Crippen LogP contribution in [0.3, 0.4) is 0 Å². The fourth-order valence-corrected chi connectivity index (χ4v) is 7.29. The second kappa shape index (κ2) is 13.6. The number of ether oxygens (including phenoxy) is 3. The van der Waals surface area contributed by atoms with Crippen LogP contribution >= 0.6 is 0 Å². The highest BCUT2D eigenvalue weighted by Crippen LogP contribution is 2.36. The smallest absolute Gasteiger partial charge is 0.335 e. The molecule has 2 aliphatic rings. The number of nitrogens with zero attached hydrogens (tertiary/aromatic N) is 2. The average molecular weight is 653 g/mol. The highest BCUT2D eigenvalue weighted by atomic mass is 32.2. The Balaban J connectivity index is 1.40. The minimum Gasteiger partial charge on any atom is -0.478 e. The highest BCUT2D eigenvalue weighted by Gasteiger charge is 2.40. The lowest BCUT2D eigenvalue weighted by Gasteiger charge is -2.38. The molecule has 1 unspecified atom stereocenters. The Hall–Kier alpha value is -3.58. The fraction of sp³-hybridized carbons (Fsp3) is 0.500. The third-order valence-corrected chi connectivity index (χ3v) is 9.71. The monoisotopic (exact) mass is 652 g/mol. The molecule has 1 aliphatic heterocycles. The lowest BCUT2D eigenvalue weighted by molar-refractivity contribution is -0.179. The molecule has 1 saturated carbocycles. The molecule has 248 valence electrons. The van der Waals surface area contributed by atoms with E-state index < -0.39 is 21.8 Å². The average Bonchev–Trinajstić information content (AvgIpc) is 3.44. The van der Waals surface area contributed by atoms with E-state index in [-0.39, 0.29) is 39.8 Å². The predicted octanol–water partition coefficient (Wildman–Crippen LogP) is 5.72. The number of aromatic carboxylic acids is 1. The highest BCUT2D eigenvalue weighted by molar-refractivity contribution is 7.92. The van der Waals surface area contributed by atoms with Gasteiger partial charge in [-0.05, 0) is 67.9 Å².